The number of methoxy groups -OCH3 is 1. The minimum absolute atomic E-state index is 0.0370. The number of esters is 1. The van der Waals surface area contributed by atoms with Crippen LogP contribution in [0.1, 0.15) is 15.9 Å². The Morgan fingerprint density at radius 1 is 1.52 bits per heavy atom. The molecule has 0 fully saturated rings. The van der Waals surface area contributed by atoms with E-state index in [9.17, 15) is 4.79 Å². The van der Waals surface area contributed by atoms with Gasteiger partial charge in [-0.2, -0.15) is 5.10 Å². The third kappa shape index (κ3) is 3.96. The van der Waals surface area contributed by atoms with Crippen LogP contribution in [0.15, 0.2) is 30.6 Å². The fraction of sp³-hybridized carbons (Fsp3) is 0.286. The fourth-order valence-corrected chi connectivity index (χ4v) is 2.04. The first-order valence-electron chi connectivity index (χ1n) is 6.38. The second kappa shape index (κ2) is 7.10. The van der Waals surface area contributed by atoms with Crippen molar-refractivity contribution in [1.82, 2.24) is 9.78 Å². The Balaban J connectivity index is 2.11. The van der Waals surface area contributed by atoms with Crippen LogP contribution in [0.3, 0.4) is 0 Å². The lowest BCUT2D eigenvalue weighted by molar-refractivity contribution is 0.0602. The maximum atomic E-state index is 11.7. The number of hydrogen-bond donors (Lipinski definition) is 2. The zero-order chi connectivity index (χ0) is 15.2. The van der Waals surface area contributed by atoms with Crippen molar-refractivity contribution in [2.75, 3.05) is 19.0 Å². The smallest absolute Gasteiger partial charge is 0.339 e. The van der Waals surface area contributed by atoms with E-state index < -0.39 is 5.97 Å². The highest BCUT2D eigenvalue weighted by molar-refractivity contribution is 6.31. The second-order valence-electron chi connectivity index (χ2n) is 4.37. The van der Waals surface area contributed by atoms with Crippen LogP contribution in [0.5, 0.6) is 0 Å². The number of carbonyl (C=O) groups excluding carboxylic acids is 1. The fourth-order valence-electron chi connectivity index (χ4n) is 1.87. The number of ether oxygens (including phenoxy) is 1. The summed E-state index contributed by atoms with van der Waals surface area (Å²) in [6.45, 7) is 0.968. The molecule has 112 valence electrons. The van der Waals surface area contributed by atoms with Gasteiger partial charge < -0.3 is 15.2 Å². The van der Waals surface area contributed by atoms with E-state index in [2.05, 4.69) is 10.4 Å². The predicted molar refractivity (Wildman–Crippen MR) is 79.4 cm³/mol. The highest BCUT2D eigenvalue weighted by Gasteiger charge is 2.12. The third-order valence-electron chi connectivity index (χ3n) is 2.89. The zero-order valence-electron chi connectivity index (χ0n) is 11.5. The molecule has 1 aromatic carbocycles. The SMILES string of the molecule is COC(=O)c1ccc(Cl)cc1NCc1cnn(CCO)c1. The predicted octanol–water partition coefficient (Wildman–Crippen LogP) is 1.93. The molecular weight excluding hydrogens is 294 g/mol. The van der Waals surface area contributed by atoms with Crippen molar-refractivity contribution in [1.29, 1.82) is 0 Å². The normalized spacial score (nSPS) is 10.4. The maximum absolute atomic E-state index is 11.7. The van der Waals surface area contributed by atoms with E-state index in [1.165, 1.54) is 7.11 Å². The largest absolute Gasteiger partial charge is 0.465 e. The van der Waals surface area contributed by atoms with E-state index in [-0.39, 0.29) is 6.61 Å². The van der Waals surface area contributed by atoms with Gasteiger partial charge in [0.15, 0.2) is 0 Å². The summed E-state index contributed by atoms with van der Waals surface area (Å²) in [5.41, 5.74) is 1.95. The Hall–Kier alpha value is -2.05. The van der Waals surface area contributed by atoms with Gasteiger partial charge in [-0.1, -0.05) is 11.6 Å². The van der Waals surface area contributed by atoms with Gasteiger partial charge >= 0.3 is 5.97 Å². The van der Waals surface area contributed by atoms with Crippen LogP contribution >= 0.6 is 11.6 Å². The van der Waals surface area contributed by atoms with Crippen molar-refractivity contribution in [3.8, 4) is 0 Å². The van der Waals surface area contributed by atoms with Crippen molar-refractivity contribution in [3.05, 3.63) is 46.7 Å². The first kappa shape index (κ1) is 15.3. The van der Waals surface area contributed by atoms with Gasteiger partial charge in [-0.05, 0) is 18.2 Å². The minimum Gasteiger partial charge on any atom is -0.465 e. The number of hydrogen-bond acceptors (Lipinski definition) is 5. The van der Waals surface area contributed by atoms with Gasteiger partial charge in [0.1, 0.15) is 0 Å². The van der Waals surface area contributed by atoms with Crippen LogP contribution < -0.4 is 5.32 Å². The van der Waals surface area contributed by atoms with E-state index in [1.54, 1.807) is 29.1 Å². The van der Waals surface area contributed by atoms with E-state index in [4.69, 9.17) is 21.4 Å². The van der Waals surface area contributed by atoms with E-state index in [1.807, 2.05) is 6.20 Å². The molecule has 0 amide bonds. The minimum atomic E-state index is -0.426. The molecular formula is C14H16ClN3O3. The quantitative estimate of drug-likeness (QED) is 0.797. The highest BCUT2D eigenvalue weighted by atomic mass is 35.5. The van der Waals surface area contributed by atoms with Crippen molar-refractivity contribution in [2.24, 2.45) is 0 Å². The average Bonchev–Trinajstić information content (AvgIpc) is 2.92. The Labute approximate surface area is 127 Å². The standard InChI is InChI=1S/C14H16ClN3O3/c1-21-14(20)12-3-2-11(15)6-13(12)16-7-10-8-17-18(9-10)4-5-19/h2-3,6,8-9,16,19H,4-5,7H2,1H3. The number of nitrogens with one attached hydrogen (secondary N) is 1. The van der Waals surface area contributed by atoms with Gasteiger partial charge in [0.25, 0.3) is 0 Å². The first-order chi connectivity index (χ1) is 10.1. The molecule has 0 spiro atoms. The summed E-state index contributed by atoms with van der Waals surface area (Å²) in [4.78, 5) is 11.7. The molecule has 6 nitrogen and oxygen atoms in total. The van der Waals surface area contributed by atoms with Crippen molar-refractivity contribution >= 4 is 23.3 Å². The monoisotopic (exact) mass is 309 g/mol. The van der Waals surface area contributed by atoms with Gasteiger partial charge in [0.2, 0.25) is 0 Å². The lowest BCUT2D eigenvalue weighted by Crippen LogP contribution is -2.08. The zero-order valence-corrected chi connectivity index (χ0v) is 12.3. The molecule has 0 saturated heterocycles. The van der Waals surface area contributed by atoms with Crippen LogP contribution in [-0.4, -0.2) is 34.6 Å². The summed E-state index contributed by atoms with van der Waals surface area (Å²) in [5.74, 6) is -0.426. The van der Waals surface area contributed by atoms with Gasteiger partial charge in [-0.3, -0.25) is 4.68 Å². The Kier molecular flexibility index (Phi) is 5.19. The topological polar surface area (TPSA) is 76.4 Å². The summed E-state index contributed by atoms with van der Waals surface area (Å²) >= 11 is 5.96. The van der Waals surface area contributed by atoms with Gasteiger partial charge in [-0.15, -0.1) is 0 Å². The molecule has 0 unspecified atom stereocenters. The molecule has 2 rings (SSSR count). The number of aliphatic hydroxyl groups is 1. The Bertz CT molecular complexity index is 628. The second-order valence-corrected chi connectivity index (χ2v) is 4.81. The molecule has 21 heavy (non-hydrogen) atoms. The van der Waals surface area contributed by atoms with Crippen LogP contribution in [-0.2, 0) is 17.8 Å². The number of aliphatic hydroxyl groups excluding tert-OH is 1. The third-order valence-corrected chi connectivity index (χ3v) is 3.12. The van der Waals surface area contributed by atoms with Gasteiger partial charge in [-0.25, -0.2) is 4.79 Å². The van der Waals surface area contributed by atoms with E-state index in [0.717, 1.165) is 5.56 Å². The van der Waals surface area contributed by atoms with Crippen LogP contribution in [0.2, 0.25) is 5.02 Å². The summed E-state index contributed by atoms with van der Waals surface area (Å²) in [6, 6.07) is 4.93. The molecule has 0 aliphatic heterocycles. The van der Waals surface area contributed by atoms with Crippen molar-refractivity contribution in [2.45, 2.75) is 13.1 Å². The van der Waals surface area contributed by atoms with Crippen LogP contribution in [0.25, 0.3) is 0 Å². The number of rotatable bonds is 6. The molecule has 1 heterocycles. The van der Waals surface area contributed by atoms with Crippen molar-refractivity contribution in [3.63, 3.8) is 0 Å². The lowest BCUT2D eigenvalue weighted by atomic mass is 10.1. The number of benzene rings is 1. The van der Waals surface area contributed by atoms with Crippen LogP contribution in [0.4, 0.5) is 5.69 Å². The molecule has 2 aromatic rings. The number of halogens is 1. The van der Waals surface area contributed by atoms with Crippen molar-refractivity contribution < 1.29 is 14.6 Å². The summed E-state index contributed by atoms with van der Waals surface area (Å²) in [6.07, 6.45) is 3.52. The molecule has 1 aromatic heterocycles. The molecule has 0 bridgehead atoms. The van der Waals surface area contributed by atoms with Gasteiger partial charge in [0, 0.05) is 23.3 Å². The lowest BCUT2D eigenvalue weighted by Gasteiger charge is -2.10. The average molecular weight is 310 g/mol. The molecule has 0 saturated carbocycles. The highest BCUT2D eigenvalue weighted by Crippen LogP contribution is 2.22. The number of anilines is 1. The van der Waals surface area contributed by atoms with Gasteiger partial charge in [0.05, 0.1) is 37.7 Å². The Morgan fingerprint density at radius 2 is 2.33 bits per heavy atom. The van der Waals surface area contributed by atoms with E-state index >= 15 is 0 Å². The molecule has 0 radical (unpaired) electrons. The molecule has 0 atom stereocenters. The van der Waals surface area contributed by atoms with E-state index in [0.29, 0.717) is 29.4 Å². The molecule has 0 aliphatic rings. The first-order valence-corrected chi connectivity index (χ1v) is 6.75. The number of carbonyl (C=O) groups is 1. The summed E-state index contributed by atoms with van der Waals surface area (Å²) < 4.78 is 6.39. The number of aromatic nitrogens is 2. The molecule has 2 N–H and O–H groups in total. The van der Waals surface area contributed by atoms with Crippen LogP contribution in [0, 0.1) is 0 Å². The maximum Gasteiger partial charge on any atom is 0.339 e. The summed E-state index contributed by atoms with van der Waals surface area (Å²) in [5, 5.41) is 16.6. The summed E-state index contributed by atoms with van der Waals surface area (Å²) in [7, 11) is 1.33. The Morgan fingerprint density at radius 3 is 3.05 bits per heavy atom. The molecule has 7 heteroatoms. The molecule has 0 aliphatic carbocycles. The number of nitrogens with zero attached hydrogens (tertiary/aromatic N) is 2.